The summed E-state index contributed by atoms with van der Waals surface area (Å²) in [6.45, 7) is 2.89. The van der Waals surface area contributed by atoms with Crippen LogP contribution in [0, 0.1) is 11.6 Å². The maximum atomic E-state index is 13.7. The first kappa shape index (κ1) is 24.5. The van der Waals surface area contributed by atoms with Gasteiger partial charge in [0.15, 0.2) is 0 Å². The molecule has 2 unspecified atom stereocenters. The molecule has 0 fully saturated rings. The van der Waals surface area contributed by atoms with Gasteiger partial charge in [-0.3, -0.25) is 0 Å². The maximum Gasteiger partial charge on any atom is 0.374 e. The molecule has 35 heavy (non-hydrogen) atoms. The highest BCUT2D eigenvalue weighted by atomic mass is 19.1. The van der Waals surface area contributed by atoms with Crippen molar-refractivity contribution in [3.05, 3.63) is 101 Å². The van der Waals surface area contributed by atoms with Gasteiger partial charge in [0, 0.05) is 25.2 Å². The number of benzene rings is 3. The average Bonchev–Trinajstić information content (AvgIpc) is 3.27. The molecular weight excluding hydrogens is 450 g/mol. The number of nitrogens with zero attached hydrogens (tertiary/aromatic N) is 1. The summed E-state index contributed by atoms with van der Waals surface area (Å²) in [5.41, 5.74) is 10.4. The lowest BCUT2D eigenvalue weighted by atomic mass is 10.0. The van der Waals surface area contributed by atoms with E-state index in [0.29, 0.717) is 23.1 Å². The average molecular weight is 479 g/mol. The number of esters is 1. The molecule has 0 aliphatic carbocycles. The van der Waals surface area contributed by atoms with Crippen molar-refractivity contribution < 1.29 is 18.3 Å². The molecule has 4 aromatic rings. The number of aryl methyl sites for hydroxylation is 1. The van der Waals surface area contributed by atoms with E-state index in [9.17, 15) is 13.6 Å². The Morgan fingerprint density at radius 1 is 1.03 bits per heavy atom. The van der Waals surface area contributed by atoms with Gasteiger partial charge in [0.1, 0.15) is 17.7 Å². The molecule has 0 aliphatic rings. The van der Waals surface area contributed by atoms with Crippen LogP contribution in [0.25, 0.3) is 11.0 Å². The van der Waals surface area contributed by atoms with Crippen molar-refractivity contribution in [2.45, 2.75) is 38.5 Å². The third-order valence-electron chi connectivity index (χ3n) is 5.79. The van der Waals surface area contributed by atoms with Crippen LogP contribution in [-0.4, -0.2) is 34.6 Å². The highest BCUT2D eigenvalue weighted by Gasteiger charge is 2.25. The molecule has 0 saturated heterocycles. The molecule has 182 valence electrons. The van der Waals surface area contributed by atoms with Crippen molar-refractivity contribution in [2.24, 2.45) is 5.73 Å². The minimum atomic E-state index is -0.767. The summed E-state index contributed by atoms with van der Waals surface area (Å²) in [5.74, 6) is -1.95. The Bertz CT molecular complexity index is 1250. The molecule has 4 rings (SSSR count). The molecule has 6 nitrogen and oxygen atoms in total. The van der Waals surface area contributed by atoms with Crippen LogP contribution in [0.2, 0.25) is 0 Å². The molecule has 8 heteroatoms. The number of fused-ring (bicyclic) bond motifs is 1. The van der Waals surface area contributed by atoms with Crippen LogP contribution in [0.5, 0.6) is 0 Å². The summed E-state index contributed by atoms with van der Waals surface area (Å²) in [6, 6.07) is 18.0. The van der Waals surface area contributed by atoms with Crippen molar-refractivity contribution in [1.29, 1.82) is 0 Å². The fourth-order valence-electron chi connectivity index (χ4n) is 3.97. The maximum absolute atomic E-state index is 13.7. The van der Waals surface area contributed by atoms with E-state index in [-0.39, 0.29) is 18.8 Å². The summed E-state index contributed by atoms with van der Waals surface area (Å²) in [6.07, 6.45) is 0.289. The number of para-hydroxylation sites is 2. The number of hydrogen-bond donors (Lipinski definition) is 3. The molecule has 0 aliphatic heterocycles. The highest BCUT2D eigenvalue weighted by molar-refractivity contribution is 5.90. The van der Waals surface area contributed by atoms with E-state index < -0.39 is 29.7 Å². The summed E-state index contributed by atoms with van der Waals surface area (Å²) < 4.78 is 33.1. The molecule has 1 heterocycles. The molecule has 0 amide bonds. The van der Waals surface area contributed by atoms with Gasteiger partial charge in [0.2, 0.25) is 5.82 Å². The van der Waals surface area contributed by atoms with Crippen LogP contribution in [0.3, 0.4) is 0 Å². The number of carbonyl (C=O) groups is 1. The zero-order chi connectivity index (χ0) is 24.8. The second kappa shape index (κ2) is 11.2. The zero-order valence-corrected chi connectivity index (χ0v) is 19.4. The Morgan fingerprint density at radius 3 is 2.51 bits per heavy atom. The number of H-pyrrole nitrogens is 1. The Morgan fingerprint density at radius 2 is 1.77 bits per heavy atom. The number of aromatic amines is 1. The van der Waals surface area contributed by atoms with Gasteiger partial charge in [0.05, 0.1) is 11.0 Å². The van der Waals surface area contributed by atoms with Gasteiger partial charge in [-0.1, -0.05) is 43.3 Å². The summed E-state index contributed by atoms with van der Waals surface area (Å²) >= 11 is 0. The highest BCUT2D eigenvalue weighted by Crippen LogP contribution is 2.15. The second-order valence-electron chi connectivity index (χ2n) is 8.50. The molecule has 0 saturated carbocycles. The van der Waals surface area contributed by atoms with Crippen LogP contribution in [0.15, 0.2) is 66.7 Å². The van der Waals surface area contributed by atoms with Gasteiger partial charge in [-0.25, -0.2) is 18.6 Å². The second-order valence-corrected chi connectivity index (χ2v) is 8.50. The number of carbonyl (C=O) groups excluding carboxylic acids is 1. The lowest BCUT2D eigenvalue weighted by Crippen LogP contribution is -2.46. The first-order chi connectivity index (χ1) is 16.9. The van der Waals surface area contributed by atoms with E-state index >= 15 is 0 Å². The zero-order valence-electron chi connectivity index (χ0n) is 19.4. The van der Waals surface area contributed by atoms with E-state index in [4.69, 9.17) is 10.5 Å². The number of ether oxygens (including phenoxy) is 1. The predicted molar refractivity (Wildman–Crippen MR) is 131 cm³/mol. The Hall–Kier alpha value is -3.62. The molecular formula is C27H28F2N4O2. The van der Waals surface area contributed by atoms with Gasteiger partial charge >= 0.3 is 5.97 Å². The summed E-state index contributed by atoms with van der Waals surface area (Å²) in [7, 11) is 0. The molecule has 1 aromatic heterocycles. The lowest BCUT2D eigenvalue weighted by molar-refractivity contribution is 0.0225. The number of nitrogens with one attached hydrogen (secondary N) is 2. The first-order valence-corrected chi connectivity index (χ1v) is 11.6. The van der Waals surface area contributed by atoms with E-state index in [1.807, 2.05) is 30.3 Å². The monoisotopic (exact) mass is 478 g/mol. The number of aromatic nitrogens is 2. The minimum absolute atomic E-state index is 0.0656. The van der Waals surface area contributed by atoms with E-state index in [1.165, 1.54) is 17.7 Å². The Labute approximate surface area is 202 Å². The fraction of sp³-hybridized carbons (Fsp3) is 0.259. The number of halogens is 2. The van der Waals surface area contributed by atoms with Crippen molar-refractivity contribution in [3.8, 4) is 0 Å². The smallest absolute Gasteiger partial charge is 0.374 e. The summed E-state index contributed by atoms with van der Waals surface area (Å²) in [4.78, 5) is 20.1. The minimum Gasteiger partial charge on any atom is -0.454 e. The van der Waals surface area contributed by atoms with Gasteiger partial charge in [-0.15, -0.1) is 0 Å². The fourth-order valence-corrected chi connectivity index (χ4v) is 3.97. The van der Waals surface area contributed by atoms with Crippen LogP contribution in [-0.2, 0) is 24.1 Å². The quantitative estimate of drug-likeness (QED) is 0.296. The molecule has 0 spiro atoms. The number of nitrogens with two attached hydrogens (primary N) is 1. The Kier molecular flexibility index (Phi) is 7.84. The van der Waals surface area contributed by atoms with E-state index in [1.54, 1.807) is 6.07 Å². The van der Waals surface area contributed by atoms with Crippen LogP contribution in [0.1, 0.15) is 34.2 Å². The van der Waals surface area contributed by atoms with E-state index in [0.717, 1.165) is 18.1 Å². The molecule has 4 N–H and O–H groups in total. The molecule has 2 atom stereocenters. The van der Waals surface area contributed by atoms with Crippen molar-refractivity contribution >= 4 is 17.0 Å². The van der Waals surface area contributed by atoms with Gasteiger partial charge in [-0.05, 0) is 53.8 Å². The largest absolute Gasteiger partial charge is 0.454 e. The normalized spacial score (nSPS) is 13.0. The van der Waals surface area contributed by atoms with E-state index in [2.05, 4.69) is 34.3 Å². The Balaban J connectivity index is 1.48. The van der Waals surface area contributed by atoms with Gasteiger partial charge in [-0.2, -0.15) is 0 Å². The van der Waals surface area contributed by atoms with Gasteiger partial charge in [0.25, 0.3) is 0 Å². The molecule has 0 radical (unpaired) electrons. The number of hydrogen-bond acceptors (Lipinski definition) is 5. The van der Waals surface area contributed by atoms with Crippen molar-refractivity contribution in [1.82, 2.24) is 15.3 Å². The van der Waals surface area contributed by atoms with Crippen molar-refractivity contribution in [2.75, 3.05) is 6.54 Å². The molecule has 3 aromatic carbocycles. The first-order valence-electron chi connectivity index (χ1n) is 11.6. The number of rotatable bonds is 10. The topological polar surface area (TPSA) is 93.0 Å². The third kappa shape index (κ3) is 6.49. The third-order valence-corrected chi connectivity index (χ3v) is 5.79. The molecule has 0 bridgehead atoms. The SMILES string of the molecule is CCc1cccc(CNCC(OC(=O)c2nc3ccccc3[nH]2)C(N)Cc2cc(F)cc(F)c2)c1. The lowest BCUT2D eigenvalue weighted by Gasteiger charge is -2.24. The van der Waals surface area contributed by atoms with Crippen molar-refractivity contribution in [3.63, 3.8) is 0 Å². The number of imidazole rings is 1. The van der Waals surface area contributed by atoms with Crippen LogP contribution < -0.4 is 11.1 Å². The summed E-state index contributed by atoms with van der Waals surface area (Å²) in [5, 5.41) is 3.29. The van der Waals surface area contributed by atoms with Crippen LogP contribution >= 0.6 is 0 Å². The standard InChI is InChI=1S/C27H28F2N4O2/c1-2-17-6-5-7-18(10-17)15-31-16-25(22(30)13-19-11-20(28)14-21(29)12-19)35-27(34)26-32-23-8-3-4-9-24(23)33-26/h3-12,14,22,25,31H,2,13,15-16,30H2,1H3,(H,32,33). The predicted octanol–water partition coefficient (Wildman–Crippen LogP) is 4.29. The van der Waals surface area contributed by atoms with Crippen LogP contribution in [0.4, 0.5) is 8.78 Å². The van der Waals surface area contributed by atoms with Gasteiger partial charge < -0.3 is 20.8 Å².